The van der Waals surface area contributed by atoms with Gasteiger partial charge < -0.3 is 10.1 Å². The predicted octanol–water partition coefficient (Wildman–Crippen LogP) is 2.16. The molecule has 1 aromatic heterocycles. The quantitative estimate of drug-likeness (QED) is 0.438. The normalized spacial score (nSPS) is 10.3. The number of benzene rings is 1. The number of H-pyrrole nitrogens is 1. The lowest BCUT2D eigenvalue weighted by Gasteiger charge is -2.09. The summed E-state index contributed by atoms with van der Waals surface area (Å²) in [4.78, 5) is 14.5. The van der Waals surface area contributed by atoms with Crippen LogP contribution in [0.2, 0.25) is 0 Å². The fourth-order valence-electron chi connectivity index (χ4n) is 1.89. The molecule has 2 aromatic rings. The summed E-state index contributed by atoms with van der Waals surface area (Å²) < 4.78 is 5.30. The molecule has 0 aliphatic carbocycles. The Balaban J connectivity index is 1.90. The second-order valence-corrected chi connectivity index (χ2v) is 4.34. The van der Waals surface area contributed by atoms with Crippen LogP contribution in [0, 0.1) is 10.1 Å². The van der Waals surface area contributed by atoms with Crippen molar-refractivity contribution in [3.05, 3.63) is 40.5 Å². The molecule has 0 saturated heterocycles. The summed E-state index contributed by atoms with van der Waals surface area (Å²) in [6.07, 6.45) is 3.14. The first-order valence-corrected chi connectivity index (χ1v) is 6.70. The van der Waals surface area contributed by atoms with Crippen LogP contribution in [0.4, 0.5) is 11.4 Å². The topological polar surface area (TPSA) is 106 Å². The standard InChI is InChI=1S/C13H17N5O3/c1-2-21-12-8-10(5-6-11(12)18(19)20)14-7-3-4-13-15-9-16-17-13/h5-6,8-9,14H,2-4,7H2,1H3,(H,15,16,17). The van der Waals surface area contributed by atoms with E-state index in [1.54, 1.807) is 19.1 Å². The summed E-state index contributed by atoms with van der Waals surface area (Å²) in [5, 5.41) is 20.7. The Labute approximate surface area is 121 Å². The van der Waals surface area contributed by atoms with Crippen molar-refractivity contribution in [2.24, 2.45) is 0 Å². The number of hydrogen-bond acceptors (Lipinski definition) is 6. The maximum Gasteiger partial charge on any atom is 0.311 e. The van der Waals surface area contributed by atoms with Crippen molar-refractivity contribution in [2.75, 3.05) is 18.5 Å². The van der Waals surface area contributed by atoms with E-state index in [0.717, 1.165) is 30.9 Å². The summed E-state index contributed by atoms with van der Waals surface area (Å²) in [5.41, 5.74) is 0.769. The first kappa shape index (κ1) is 14.8. The maximum absolute atomic E-state index is 10.9. The summed E-state index contributed by atoms with van der Waals surface area (Å²) in [6, 6.07) is 4.77. The van der Waals surface area contributed by atoms with Crippen molar-refractivity contribution in [3.8, 4) is 5.75 Å². The van der Waals surface area contributed by atoms with Crippen LogP contribution in [0.3, 0.4) is 0 Å². The number of nitrogens with one attached hydrogen (secondary N) is 2. The van der Waals surface area contributed by atoms with Crippen molar-refractivity contribution in [1.82, 2.24) is 15.2 Å². The molecular weight excluding hydrogens is 274 g/mol. The molecule has 0 atom stereocenters. The molecule has 8 heteroatoms. The average Bonchev–Trinajstić information content (AvgIpc) is 2.97. The van der Waals surface area contributed by atoms with Crippen molar-refractivity contribution in [1.29, 1.82) is 0 Å². The number of aryl methyl sites for hydroxylation is 1. The summed E-state index contributed by atoms with van der Waals surface area (Å²) >= 11 is 0. The number of anilines is 1. The molecule has 0 aliphatic rings. The van der Waals surface area contributed by atoms with Crippen molar-refractivity contribution in [2.45, 2.75) is 19.8 Å². The molecule has 0 fully saturated rings. The summed E-state index contributed by atoms with van der Waals surface area (Å²) in [7, 11) is 0. The van der Waals surface area contributed by atoms with Gasteiger partial charge in [0.05, 0.1) is 11.5 Å². The first-order valence-electron chi connectivity index (χ1n) is 6.70. The van der Waals surface area contributed by atoms with Crippen LogP contribution >= 0.6 is 0 Å². The van der Waals surface area contributed by atoms with Gasteiger partial charge in [-0.15, -0.1) is 0 Å². The minimum atomic E-state index is -0.446. The third-order valence-electron chi connectivity index (χ3n) is 2.84. The molecular formula is C13H17N5O3. The minimum absolute atomic E-state index is 0.0240. The second kappa shape index (κ2) is 7.22. The first-order chi connectivity index (χ1) is 10.2. The van der Waals surface area contributed by atoms with Crippen LogP contribution in [0.5, 0.6) is 5.75 Å². The van der Waals surface area contributed by atoms with Crippen molar-refractivity contribution in [3.63, 3.8) is 0 Å². The van der Waals surface area contributed by atoms with Crippen molar-refractivity contribution < 1.29 is 9.66 Å². The molecule has 1 aromatic carbocycles. The number of rotatable bonds is 8. The zero-order chi connectivity index (χ0) is 15.1. The maximum atomic E-state index is 10.9. The molecule has 1 heterocycles. The molecule has 0 radical (unpaired) electrons. The van der Waals surface area contributed by atoms with E-state index < -0.39 is 4.92 Å². The highest BCUT2D eigenvalue weighted by Gasteiger charge is 2.15. The van der Waals surface area contributed by atoms with E-state index in [1.807, 2.05) is 0 Å². The molecule has 21 heavy (non-hydrogen) atoms. The van der Waals surface area contributed by atoms with Gasteiger partial charge in [-0.05, 0) is 19.4 Å². The van der Waals surface area contributed by atoms with Gasteiger partial charge in [0.15, 0.2) is 5.75 Å². The van der Waals surface area contributed by atoms with Gasteiger partial charge in [-0.1, -0.05) is 0 Å². The van der Waals surface area contributed by atoms with Gasteiger partial charge in [-0.2, -0.15) is 5.10 Å². The molecule has 0 spiro atoms. The minimum Gasteiger partial charge on any atom is -0.487 e. The summed E-state index contributed by atoms with van der Waals surface area (Å²) in [5.74, 6) is 1.12. The second-order valence-electron chi connectivity index (χ2n) is 4.34. The molecule has 0 unspecified atom stereocenters. The third-order valence-corrected chi connectivity index (χ3v) is 2.84. The van der Waals surface area contributed by atoms with Gasteiger partial charge in [-0.25, -0.2) is 4.98 Å². The van der Waals surface area contributed by atoms with E-state index >= 15 is 0 Å². The lowest BCUT2D eigenvalue weighted by Crippen LogP contribution is -2.05. The number of aromatic nitrogens is 3. The zero-order valence-electron chi connectivity index (χ0n) is 11.7. The molecule has 0 saturated carbocycles. The van der Waals surface area contributed by atoms with E-state index in [0.29, 0.717) is 6.61 Å². The van der Waals surface area contributed by atoms with Crippen LogP contribution in [0.25, 0.3) is 0 Å². The van der Waals surface area contributed by atoms with E-state index in [1.165, 1.54) is 12.4 Å². The number of nitro benzene ring substituents is 1. The Kier molecular flexibility index (Phi) is 5.08. The van der Waals surface area contributed by atoms with Crippen molar-refractivity contribution >= 4 is 11.4 Å². The van der Waals surface area contributed by atoms with Gasteiger partial charge in [0, 0.05) is 30.8 Å². The predicted molar refractivity (Wildman–Crippen MR) is 77.5 cm³/mol. The largest absolute Gasteiger partial charge is 0.487 e. The smallest absolute Gasteiger partial charge is 0.311 e. The summed E-state index contributed by atoms with van der Waals surface area (Å²) in [6.45, 7) is 2.90. The van der Waals surface area contributed by atoms with Gasteiger partial charge >= 0.3 is 5.69 Å². The van der Waals surface area contributed by atoms with Gasteiger partial charge in [0.25, 0.3) is 0 Å². The molecule has 8 nitrogen and oxygen atoms in total. The average molecular weight is 291 g/mol. The fourth-order valence-corrected chi connectivity index (χ4v) is 1.89. The lowest BCUT2D eigenvalue weighted by molar-refractivity contribution is -0.385. The molecule has 0 bridgehead atoms. The Morgan fingerprint density at radius 1 is 1.48 bits per heavy atom. The van der Waals surface area contributed by atoms with E-state index in [4.69, 9.17) is 4.74 Å². The Morgan fingerprint density at radius 3 is 3.00 bits per heavy atom. The van der Waals surface area contributed by atoms with E-state index in [-0.39, 0.29) is 11.4 Å². The van der Waals surface area contributed by atoms with Gasteiger partial charge in [-0.3, -0.25) is 15.2 Å². The highest BCUT2D eigenvalue weighted by Crippen LogP contribution is 2.30. The zero-order valence-corrected chi connectivity index (χ0v) is 11.7. The Bertz CT molecular complexity index is 585. The number of aromatic amines is 1. The van der Waals surface area contributed by atoms with Crippen LogP contribution < -0.4 is 10.1 Å². The number of ether oxygens (including phenoxy) is 1. The Hall–Kier alpha value is -2.64. The highest BCUT2D eigenvalue weighted by atomic mass is 16.6. The highest BCUT2D eigenvalue weighted by molar-refractivity contribution is 5.57. The Morgan fingerprint density at radius 2 is 2.33 bits per heavy atom. The molecule has 2 N–H and O–H groups in total. The number of nitrogens with zero attached hydrogens (tertiary/aromatic N) is 3. The van der Waals surface area contributed by atoms with E-state index in [9.17, 15) is 10.1 Å². The fraction of sp³-hybridized carbons (Fsp3) is 0.385. The van der Waals surface area contributed by atoms with Crippen LogP contribution in [0.1, 0.15) is 19.2 Å². The van der Waals surface area contributed by atoms with Crippen LogP contribution in [0.15, 0.2) is 24.5 Å². The SMILES string of the molecule is CCOc1cc(NCCCc2ncn[nH]2)ccc1[N+](=O)[O-]. The van der Waals surface area contributed by atoms with E-state index in [2.05, 4.69) is 20.5 Å². The molecule has 2 rings (SSSR count). The number of hydrogen-bond donors (Lipinski definition) is 2. The lowest BCUT2D eigenvalue weighted by atomic mass is 10.2. The molecule has 0 amide bonds. The third kappa shape index (κ3) is 4.16. The van der Waals surface area contributed by atoms with Gasteiger partial charge in [0.1, 0.15) is 12.2 Å². The molecule has 0 aliphatic heterocycles. The monoisotopic (exact) mass is 291 g/mol. The number of nitro groups is 1. The van der Waals surface area contributed by atoms with Crippen LogP contribution in [-0.4, -0.2) is 33.3 Å². The van der Waals surface area contributed by atoms with Crippen LogP contribution in [-0.2, 0) is 6.42 Å². The van der Waals surface area contributed by atoms with Gasteiger partial charge in [0.2, 0.25) is 0 Å². The molecule has 112 valence electrons.